The Bertz CT molecular complexity index is 291. The molecule has 1 aliphatic rings. The van der Waals surface area contributed by atoms with E-state index in [1.54, 1.807) is 12.4 Å². The lowest BCUT2D eigenvalue weighted by atomic mass is 10.2. The van der Waals surface area contributed by atoms with Crippen LogP contribution in [0.5, 0.6) is 0 Å². The molecule has 3 nitrogen and oxygen atoms in total. The number of pyridine rings is 1. The summed E-state index contributed by atoms with van der Waals surface area (Å²) < 4.78 is 0. The maximum absolute atomic E-state index is 5.57. The third kappa shape index (κ3) is 0.603. The Morgan fingerprint density at radius 1 is 1.50 bits per heavy atom. The highest BCUT2D eigenvalue weighted by molar-refractivity contribution is 5.89. The lowest BCUT2D eigenvalue weighted by molar-refractivity contribution is 1.10. The van der Waals surface area contributed by atoms with Crippen molar-refractivity contribution in [2.45, 2.75) is 6.54 Å². The summed E-state index contributed by atoms with van der Waals surface area (Å²) in [7, 11) is 0. The van der Waals surface area contributed by atoms with Crippen molar-refractivity contribution in [3.63, 3.8) is 0 Å². The first kappa shape index (κ1) is 5.41. The van der Waals surface area contributed by atoms with Crippen molar-refractivity contribution >= 4 is 12.0 Å². The number of hydrogen-bond acceptors (Lipinski definition) is 3. The van der Waals surface area contributed by atoms with E-state index < -0.39 is 0 Å². The van der Waals surface area contributed by atoms with Gasteiger partial charge >= 0.3 is 0 Å². The van der Waals surface area contributed by atoms with E-state index in [1.807, 2.05) is 6.07 Å². The molecule has 0 radical (unpaired) electrons. The molecule has 0 atom stereocenters. The first-order chi connectivity index (χ1) is 4.88. The number of nitrogens with two attached hydrogens (primary N) is 1. The molecule has 10 heavy (non-hydrogen) atoms. The molecule has 50 valence electrons. The van der Waals surface area contributed by atoms with E-state index in [4.69, 9.17) is 5.73 Å². The highest BCUT2D eigenvalue weighted by atomic mass is 14.8. The second kappa shape index (κ2) is 1.80. The van der Waals surface area contributed by atoms with Crippen LogP contribution in [0.2, 0.25) is 0 Å². The van der Waals surface area contributed by atoms with Crippen molar-refractivity contribution in [1.82, 2.24) is 4.98 Å². The minimum Gasteiger partial charge on any atom is -0.383 e. The maximum Gasteiger partial charge on any atom is 0.132 e. The van der Waals surface area contributed by atoms with Gasteiger partial charge in [-0.1, -0.05) is 0 Å². The van der Waals surface area contributed by atoms with Gasteiger partial charge in [-0.05, 0) is 11.6 Å². The number of anilines is 1. The van der Waals surface area contributed by atoms with Gasteiger partial charge < -0.3 is 5.73 Å². The Kier molecular flexibility index (Phi) is 0.974. The lowest BCUT2D eigenvalue weighted by Gasteiger charge is -1.97. The molecule has 0 bridgehead atoms. The van der Waals surface area contributed by atoms with Crippen LogP contribution in [0.25, 0.3) is 0 Å². The van der Waals surface area contributed by atoms with Crippen LogP contribution < -0.4 is 5.73 Å². The molecule has 2 N–H and O–H groups in total. The molecule has 0 saturated heterocycles. The fourth-order valence-electron chi connectivity index (χ4n) is 1.05. The Morgan fingerprint density at radius 2 is 2.40 bits per heavy atom. The molecule has 0 spiro atoms. The SMILES string of the molecule is Nc1nccc2c1C=NC2. The number of nitrogen functional groups attached to an aromatic ring is 1. The first-order valence-electron chi connectivity index (χ1n) is 3.11. The molecule has 1 aliphatic heterocycles. The molecule has 0 aromatic carbocycles. The molecular weight excluding hydrogens is 126 g/mol. The normalized spacial score (nSPS) is 13.6. The Balaban J connectivity index is 2.67. The van der Waals surface area contributed by atoms with E-state index in [-0.39, 0.29) is 0 Å². The topological polar surface area (TPSA) is 51.3 Å². The summed E-state index contributed by atoms with van der Waals surface area (Å²) in [6.45, 7) is 0.752. The third-order valence-corrected chi connectivity index (χ3v) is 1.59. The number of nitrogens with zero attached hydrogens (tertiary/aromatic N) is 2. The van der Waals surface area contributed by atoms with Gasteiger partial charge in [0.15, 0.2) is 0 Å². The van der Waals surface area contributed by atoms with E-state index in [1.165, 1.54) is 5.56 Å². The van der Waals surface area contributed by atoms with Crippen LogP contribution in [0.3, 0.4) is 0 Å². The van der Waals surface area contributed by atoms with Crippen molar-refractivity contribution in [3.8, 4) is 0 Å². The fourth-order valence-corrected chi connectivity index (χ4v) is 1.05. The van der Waals surface area contributed by atoms with Crippen molar-refractivity contribution < 1.29 is 0 Å². The third-order valence-electron chi connectivity index (χ3n) is 1.59. The van der Waals surface area contributed by atoms with Gasteiger partial charge in [0.2, 0.25) is 0 Å². The molecule has 0 aliphatic carbocycles. The molecule has 0 saturated carbocycles. The van der Waals surface area contributed by atoms with Crippen molar-refractivity contribution in [2.24, 2.45) is 4.99 Å². The molecule has 2 rings (SSSR count). The van der Waals surface area contributed by atoms with E-state index >= 15 is 0 Å². The van der Waals surface area contributed by atoms with Crippen molar-refractivity contribution in [3.05, 3.63) is 23.4 Å². The number of aromatic nitrogens is 1. The van der Waals surface area contributed by atoms with Gasteiger partial charge in [-0.3, -0.25) is 4.99 Å². The Morgan fingerprint density at radius 3 is 3.20 bits per heavy atom. The van der Waals surface area contributed by atoms with Crippen LogP contribution in [0.15, 0.2) is 17.3 Å². The number of rotatable bonds is 0. The highest BCUT2D eigenvalue weighted by Crippen LogP contribution is 2.17. The molecule has 0 amide bonds. The number of hydrogen-bond donors (Lipinski definition) is 1. The largest absolute Gasteiger partial charge is 0.383 e. The number of aliphatic imine (C=N–C) groups is 1. The smallest absolute Gasteiger partial charge is 0.132 e. The minimum atomic E-state index is 0.582. The quantitative estimate of drug-likeness (QED) is 0.563. The summed E-state index contributed by atoms with van der Waals surface area (Å²) in [5.41, 5.74) is 7.73. The monoisotopic (exact) mass is 133 g/mol. The van der Waals surface area contributed by atoms with E-state index in [2.05, 4.69) is 9.98 Å². The first-order valence-corrected chi connectivity index (χ1v) is 3.11. The van der Waals surface area contributed by atoms with E-state index in [0.29, 0.717) is 5.82 Å². The second-order valence-corrected chi connectivity index (χ2v) is 2.24. The Hall–Kier alpha value is -1.38. The van der Waals surface area contributed by atoms with E-state index in [0.717, 1.165) is 12.1 Å². The standard InChI is InChI=1S/C7H7N3/c8-7-6-4-9-3-5(6)1-2-10-7/h1-2,4H,3H2,(H2,8,10). The van der Waals surface area contributed by atoms with Crippen LogP contribution in [-0.4, -0.2) is 11.2 Å². The second-order valence-electron chi connectivity index (χ2n) is 2.24. The molecule has 2 heterocycles. The fraction of sp³-hybridized carbons (Fsp3) is 0.143. The van der Waals surface area contributed by atoms with Crippen LogP contribution in [0.1, 0.15) is 11.1 Å². The molecule has 3 heteroatoms. The average molecular weight is 133 g/mol. The van der Waals surface area contributed by atoms with Gasteiger partial charge in [-0.25, -0.2) is 4.98 Å². The van der Waals surface area contributed by atoms with Gasteiger partial charge in [0.25, 0.3) is 0 Å². The van der Waals surface area contributed by atoms with Gasteiger partial charge in [-0.2, -0.15) is 0 Å². The van der Waals surface area contributed by atoms with Crippen LogP contribution >= 0.6 is 0 Å². The zero-order chi connectivity index (χ0) is 6.97. The summed E-state index contributed by atoms with van der Waals surface area (Å²) in [6.07, 6.45) is 3.49. The van der Waals surface area contributed by atoms with Crippen LogP contribution in [0, 0.1) is 0 Å². The summed E-state index contributed by atoms with van der Waals surface area (Å²) in [5.74, 6) is 0.582. The molecule has 1 aromatic heterocycles. The lowest BCUT2D eigenvalue weighted by Crippen LogP contribution is -1.96. The minimum absolute atomic E-state index is 0.582. The van der Waals surface area contributed by atoms with Crippen LogP contribution in [-0.2, 0) is 6.54 Å². The zero-order valence-electron chi connectivity index (χ0n) is 5.41. The summed E-state index contributed by atoms with van der Waals surface area (Å²) in [5, 5.41) is 0. The Labute approximate surface area is 58.6 Å². The molecule has 1 aromatic rings. The predicted molar refractivity (Wildman–Crippen MR) is 39.9 cm³/mol. The summed E-state index contributed by atoms with van der Waals surface area (Å²) in [4.78, 5) is 8.00. The number of fused-ring (bicyclic) bond motifs is 1. The average Bonchev–Trinajstić information content (AvgIpc) is 2.36. The van der Waals surface area contributed by atoms with Gasteiger partial charge in [0.1, 0.15) is 5.82 Å². The predicted octanol–water partition coefficient (Wildman–Crippen LogP) is 0.596. The zero-order valence-corrected chi connectivity index (χ0v) is 5.41. The summed E-state index contributed by atoms with van der Waals surface area (Å²) >= 11 is 0. The van der Waals surface area contributed by atoms with Gasteiger partial charge in [0, 0.05) is 18.0 Å². The molecule has 0 unspecified atom stereocenters. The highest BCUT2D eigenvalue weighted by Gasteiger charge is 2.08. The van der Waals surface area contributed by atoms with Crippen LogP contribution in [0.4, 0.5) is 5.82 Å². The van der Waals surface area contributed by atoms with E-state index in [9.17, 15) is 0 Å². The van der Waals surface area contributed by atoms with Crippen molar-refractivity contribution in [1.29, 1.82) is 0 Å². The molecular formula is C7H7N3. The van der Waals surface area contributed by atoms with Gasteiger partial charge in [-0.15, -0.1) is 0 Å². The summed E-state index contributed by atoms with van der Waals surface area (Å²) in [6, 6.07) is 1.94. The van der Waals surface area contributed by atoms with Gasteiger partial charge in [0.05, 0.1) is 6.54 Å². The van der Waals surface area contributed by atoms with Crippen molar-refractivity contribution in [2.75, 3.05) is 5.73 Å². The molecule has 0 fully saturated rings. The maximum atomic E-state index is 5.57.